The van der Waals surface area contributed by atoms with Crippen molar-refractivity contribution in [2.45, 2.75) is 30.8 Å². The predicted molar refractivity (Wildman–Crippen MR) is 78.5 cm³/mol. The summed E-state index contributed by atoms with van der Waals surface area (Å²) >= 11 is 16.1. The van der Waals surface area contributed by atoms with Crippen LogP contribution in [-0.4, -0.2) is 26.7 Å². The van der Waals surface area contributed by atoms with E-state index < -0.39 is 0 Å². The third-order valence-corrected chi connectivity index (χ3v) is 6.43. The van der Waals surface area contributed by atoms with Crippen molar-refractivity contribution in [3.05, 3.63) is 21.7 Å². The van der Waals surface area contributed by atoms with Crippen LogP contribution >= 0.6 is 46.7 Å². The quantitative estimate of drug-likeness (QED) is 0.763. The number of aromatic nitrogens is 2. The van der Waals surface area contributed by atoms with Crippen LogP contribution in [0, 0.1) is 0 Å². The third kappa shape index (κ3) is 3.03. The van der Waals surface area contributed by atoms with Crippen molar-refractivity contribution in [3.63, 3.8) is 0 Å². The summed E-state index contributed by atoms with van der Waals surface area (Å²) < 4.78 is 0. The van der Waals surface area contributed by atoms with Gasteiger partial charge < -0.3 is 0 Å². The molecule has 6 heteroatoms. The first-order valence-electron chi connectivity index (χ1n) is 5.58. The van der Waals surface area contributed by atoms with Gasteiger partial charge in [0.2, 0.25) is 0 Å². The Hall–Kier alpha value is 0.360. The second kappa shape index (κ2) is 6.00. The second-order valence-corrected chi connectivity index (χ2v) is 7.31. The van der Waals surface area contributed by atoms with Gasteiger partial charge in [-0.2, -0.15) is 11.8 Å². The summed E-state index contributed by atoms with van der Waals surface area (Å²) in [5, 5.41) is 1.82. The Labute approximate surface area is 120 Å². The molecule has 1 aliphatic heterocycles. The Kier molecular flexibility index (Phi) is 4.87. The molecular formula is C11H14Cl2N2S2. The third-order valence-electron chi connectivity index (χ3n) is 2.72. The molecule has 2 unspecified atom stereocenters. The maximum absolute atomic E-state index is 6.15. The molecule has 0 spiro atoms. The molecule has 94 valence electrons. The average Bonchev–Trinajstić information content (AvgIpc) is 2.29. The van der Waals surface area contributed by atoms with Gasteiger partial charge in [0.15, 0.2) is 0 Å². The molecule has 0 bridgehead atoms. The van der Waals surface area contributed by atoms with Gasteiger partial charge in [-0.25, -0.2) is 9.97 Å². The van der Waals surface area contributed by atoms with E-state index in [1.54, 1.807) is 0 Å². The molecule has 0 aliphatic carbocycles. The molecule has 0 N–H and O–H groups in total. The van der Waals surface area contributed by atoms with E-state index in [0.29, 0.717) is 20.8 Å². The van der Waals surface area contributed by atoms with Gasteiger partial charge in [-0.15, -0.1) is 11.8 Å². The minimum Gasteiger partial charge on any atom is -0.220 e. The van der Waals surface area contributed by atoms with Gasteiger partial charge in [0, 0.05) is 22.3 Å². The lowest BCUT2D eigenvalue weighted by molar-refractivity contribution is 0.816. The minimum atomic E-state index is 0.301. The second-order valence-electron chi connectivity index (χ2n) is 3.86. The summed E-state index contributed by atoms with van der Waals surface area (Å²) in [5.74, 6) is 3.10. The number of thioether (sulfide) groups is 2. The van der Waals surface area contributed by atoms with Crippen molar-refractivity contribution in [2.75, 3.05) is 11.5 Å². The highest BCUT2D eigenvalue weighted by Gasteiger charge is 2.27. The molecular weight excluding hydrogens is 295 g/mol. The molecule has 2 nitrogen and oxygen atoms in total. The van der Waals surface area contributed by atoms with Crippen molar-refractivity contribution >= 4 is 46.7 Å². The van der Waals surface area contributed by atoms with E-state index in [2.05, 4.69) is 16.9 Å². The normalized spacial score (nSPS) is 24.9. The molecule has 1 aromatic heterocycles. The largest absolute Gasteiger partial charge is 0.220 e. The molecule has 0 amide bonds. The lowest BCUT2D eigenvalue weighted by Crippen LogP contribution is -2.18. The molecule has 2 rings (SSSR count). The highest BCUT2D eigenvalue weighted by molar-refractivity contribution is 8.06. The van der Waals surface area contributed by atoms with Crippen molar-refractivity contribution < 1.29 is 0 Å². The summed E-state index contributed by atoms with van der Waals surface area (Å²) in [6.07, 6.45) is 0.764. The molecule has 0 radical (unpaired) electrons. The monoisotopic (exact) mass is 308 g/mol. The van der Waals surface area contributed by atoms with Gasteiger partial charge in [-0.3, -0.25) is 0 Å². The van der Waals surface area contributed by atoms with Crippen molar-refractivity contribution in [2.24, 2.45) is 0 Å². The molecule has 2 atom stereocenters. The fourth-order valence-electron chi connectivity index (χ4n) is 1.78. The average molecular weight is 309 g/mol. The smallest absolute Gasteiger partial charge is 0.145 e. The molecule has 1 aliphatic rings. The van der Waals surface area contributed by atoms with E-state index in [0.717, 1.165) is 23.6 Å². The van der Waals surface area contributed by atoms with Crippen LogP contribution in [0.3, 0.4) is 0 Å². The first-order valence-corrected chi connectivity index (χ1v) is 8.43. The van der Waals surface area contributed by atoms with Gasteiger partial charge in [0.1, 0.15) is 16.1 Å². The molecule has 0 aromatic carbocycles. The lowest BCUT2D eigenvalue weighted by Gasteiger charge is -2.26. The highest BCUT2D eigenvalue weighted by Crippen LogP contribution is 2.41. The molecule has 1 saturated heterocycles. The zero-order valence-electron chi connectivity index (χ0n) is 9.74. The zero-order valence-corrected chi connectivity index (χ0v) is 12.9. The Balaban J connectivity index is 2.32. The summed E-state index contributed by atoms with van der Waals surface area (Å²) in [7, 11) is 0. The van der Waals surface area contributed by atoms with Crippen LogP contribution in [0.5, 0.6) is 0 Å². The van der Waals surface area contributed by atoms with Gasteiger partial charge in [0.05, 0.1) is 5.25 Å². The van der Waals surface area contributed by atoms with Gasteiger partial charge in [0.25, 0.3) is 0 Å². The van der Waals surface area contributed by atoms with Crippen LogP contribution in [0.4, 0.5) is 0 Å². The summed E-state index contributed by atoms with van der Waals surface area (Å²) in [5.41, 5.74) is 0.846. The van der Waals surface area contributed by atoms with Crippen LogP contribution in [-0.2, 0) is 6.42 Å². The highest BCUT2D eigenvalue weighted by atomic mass is 35.5. The van der Waals surface area contributed by atoms with Crippen LogP contribution in [0.1, 0.15) is 30.5 Å². The number of hydrogen-bond acceptors (Lipinski definition) is 4. The number of halogens is 2. The van der Waals surface area contributed by atoms with E-state index in [-0.39, 0.29) is 0 Å². The first kappa shape index (κ1) is 13.8. The molecule has 1 aromatic rings. The Morgan fingerprint density at radius 2 is 1.76 bits per heavy atom. The zero-order chi connectivity index (χ0) is 12.4. The summed E-state index contributed by atoms with van der Waals surface area (Å²) in [4.78, 5) is 8.83. The van der Waals surface area contributed by atoms with E-state index in [1.807, 2.05) is 30.4 Å². The SMILES string of the molecule is CCc1c(Cl)nc(C2SCCSC2C)nc1Cl. The van der Waals surface area contributed by atoms with Crippen molar-refractivity contribution in [1.29, 1.82) is 0 Å². The fraction of sp³-hybridized carbons (Fsp3) is 0.636. The molecule has 1 fully saturated rings. The molecule has 17 heavy (non-hydrogen) atoms. The van der Waals surface area contributed by atoms with E-state index in [1.165, 1.54) is 5.75 Å². The van der Waals surface area contributed by atoms with Crippen LogP contribution in [0.2, 0.25) is 10.3 Å². The van der Waals surface area contributed by atoms with Crippen LogP contribution in [0.15, 0.2) is 0 Å². The maximum atomic E-state index is 6.15. The van der Waals surface area contributed by atoms with E-state index in [4.69, 9.17) is 23.2 Å². The predicted octanol–water partition coefficient (Wildman–Crippen LogP) is 4.26. The maximum Gasteiger partial charge on any atom is 0.145 e. The summed E-state index contributed by atoms with van der Waals surface area (Å²) in [6, 6.07) is 0. The minimum absolute atomic E-state index is 0.301. The van der Waals surface area contributed by atoms with Gasteiger partial charge in [-0.1, -0.05) is 37.0 Å². The number of rotatable bonds is 2. The molecule has 0 saturated carbocycles. The van der Waals surface area contributed by atoms with E-state index >= 15 is 0 Å². The number of nitrogens with zero attached hydrogens (tertiary/aromatic N) is 2. The fourth-order valence-corrected chi connectivity index (χ4v) is 5.14. The van der Waals surface area contributed by atoms with E-state index in [9.17, 15) is 0 Å². The van der Waals surface area contributed by atoms with Crippen LogP contribution < -0.4 is 0 Å². The Morgan fingerprint density at radius 3 is 2.29 bits per heavy atom. The first-order chi connectivity index (χ1) is 8.13. The van der Waals surface area contributed by atoms with Crippen LogP contribution in [0.25, 0.3) is 0 Å². The standard InChI is InChI=1S/C11H14Cl2N2S2/c1-3-7-9(12)14-11(15-10(7)13)8-6(2)16-4-5-17-8/h6,8H,3-5H2,1-2H3. The van der Waals surface area contributed by atoms with Gasteiger partial charge in [-0.05, 0) is 6.42 Å². The number of hydrogen-bond donors (Lipinski definition) is 0. The Morgan fingerprint density at radius 1 is 1.18 bits per heavy atom. The van der Waals surface area contributed by atoms with Crippen molar-refractivity contribution in [1.82, 2.24) is 9.97 Å². The lowest BCUT2D eigenvalue weighted by atomic mass is 10.2. The Bertz CT molecular complexity index is 391. The topological polar surface area (TPSA) is 25.8 Å². The molecule has 2 heterocycles. The van der Waals surface area contributed by atoms with Crippen molar-refractivity contribution in [3.8, 4) is 0 Å². The summed E-state index contributed by atoms with van der Waals surface area (Å²) in [6.45, 7) is 4.21. The van der Waals surface area contributed by atoms with Gasteiger partial charge >= 0.3 is 0 Å².